The van der Waals surface area contributed by atoms with E-state index in [9.17, 15) is 0 Å². The number of ether oxygens (including phenoxy) is 1. The lowest BCUT2D eigenvalue weighted by Gasteiger charge is -2.03. The zero-order valence-corrected chi connectivity index (χ0v) is 9.63. The molecule has 1 saturated carbocycles. The van der Waals surface area contributed by atoms with Crippen LogP contribution in [0.25, 0.3) is 11.3 Å². The van der Waals surface area contributed by atoms with E-state index >= 15 is 0 Å². The van der Waals surface area contributed by atoms with E-state index in [4.69, 9.17) is 10.5 Å². The summed E-state index contributed by atoms with van der Waals surface area (Å²) >= 11 is 0. The van der Waals surface area contributed by atoms with Crippen LogP contribution in [-0.4, -0.2) is 22.1 Å². The van der Waals surface area contributed by atoms with Crippen LogP contribution in [0, 0.1) is 0 Å². The number of methoxy groups -OCH3 is 1. The highest BCUT2D eigenvalue weighted by Crippen LogP contribution is 2.38. The van der Waals surface area contributed by atoms with E-state index in [1.54, 1.807) is 7.11 Å². The second kappa shape index (κ2) is 3.76. The molecule has 1 aliphatic rings. The van der Waals surface area contributed by atoms with E-state index in [1.807, 2.05) is 28.9 Å². The highest BCUT2D eigenvalue weighted by atomic mass is 16.5. The number of nitrogens with two attached hydrogens (primary N) is 1. The molecule has 1 aliphatic carbocycles. The van der Waals surface area contributed by atoms with Crippen LogP contribution >= 0.6 is 0 Å². The van der Waals surface area contributed by atoms with Crippen LogP contribution in [-0.2, 0) is 0 Å². The van der Waals surface area contributed by atoms with Crippen molar-refractivity contribution in [3.8, 4) is 17.0 Å². The van der Waals surface area contributed by atoms with E-state index < -0.39 is 0 Å². The summed E-state index contributed by atoms with van der Waals surface area (Å²) in [5.41, 5.74) is 7.74. The third-order valence-corrected chi connectivity index (χ3v) is 2.97. The fourth-order valence-electron chi connectivity index (χ4n) is 1.87. The van der Waals surface area contributed by atoms with Gasteiger partial charge in [0.05, 0.1) is 13.2 Å². The number of nitrogens with zero attached hydrogens (tertiary/aromatic N) is 3. The van der Waals surface area contributed by atoms with Gasteiger partial charge in [-0.25, -0.2) is 4.68 Å². The van der Waals surface area contributed by atoms with E-state index in [2.05, 4.69) is 10.3 Å². The fourth-order valence-corrected chi connectivity index (χ4v) is 1.87. The van der Waals surface area contributed by atoms with E-state index in [0.717, 1.165) is 29.8 Å². The van der Waals surface area contributed by atoms with Gasteiger partial charge >= 0.3 is 0 Å². The van der Waals surface area contributed by atoms with Crippen LogP contribution < -0.4 is 10.5 Å². The normalized spacial score (nSPS) is 14.9. The van der Waals surface area contributed by atoms with Gasteiger partial charge in [0.25, 0.3) is 0 Å². The molecule has 2 N–H and O–H groups in total. The standard InChI is InChI=1S/C12H14N4O/c1-17-10-4-2-3-8(7-10)11-12(13)16(15-14-11)9-5-6-9/h2-4,7,9H,5-6,13H2,1H3. The molecule has 5 heteroatoms. The van der Waals surface area contributed by atoms with Gasteiger partial charge in [0.1, 0.15) is 11.4 Å². The third kappa shape index (κ3) is 1.73. The summed E-state index contributed by atoms with van der Waals surface area (Å²) < 4.78 is 7.00. The first-order valence-electron chi connectivity index (χ1n) is 5.64. The van der Waals surface area contributed by atoms with Gasteiger partial charge in [-0.1, -0.05) is 17.3 Å². The van der Waals surface area contributed by atoms with Crippen molar-refractivity contribution < 1.29 is 4.74 Å². The molecular weight excluding hydrogens is 216 g/mol. The molecule has 0 aliphatic heterocycles. The van der Waals surface area contributed by atoms with Crippen molar-refractivity contribution in [3.05, 3.63) is 24.3 Å². The largest absolute Gasteiger partial charge is 0.497 e. The smallest absolute Gasteiger partial charge is 0.150 e. The zero-order valence-electron chi connectivity index (χ0n) is 9.63. The van der Waals surface area contributed by atoms with E-state index in [-0.39, 0.29) is 0 Å². The summed E-state index contributed by atoms with van der Waals surface area (Å²) in [6.45, 7) is 0. The molecule has 0 spiro atoms. The molecule has 5 nitrogen and oxygen atoms in total. The van der Waals surface area contributed by atoms with Crippen molar-refractivity contribution >= 4 is 5.82 Å². The molecule has 1 heterocycles. The minimum atomic E-state index is 0.446. The lowest BCUT2D eigenvalue weighted by atomic mass is 10.1. The van der Waals surface area contributed by atoms with Crippen molar-refractivity contribution in [2.75, 3.05) is 12.8 Å². The molecule has 1 aromatic carbocycles. The zero-order chi connectivity index (χ0) is 11.8. The van der Waals surface area contributed by atoms with Gasteiger partial charge in [0.2, 0.25) is 0 Å². The predicted molar refractivity (Wildman–Crippen MR) is 64.7 cm³/mol. The highest BCUT2D eigenvalue weighted by molar-refractivity contribution is 5.70. The van der Waals surface area contributed by atoms with Crippen molar-refractivity contribution in [2.24, 2.45) is 0 Å². The Morgan fingerprint density at radius 3 is 2.94 bits per heavy atom. The maximum atomic E-state index is 6.06. The number of nitrogen functional groups attached to an aromatic ring is 1. The molecule has 1 aromatic heterocycles. The van der Waals surface area contributed by atoms with Gasteiger partial charge in [0.15, 0.2) is 5.82 Å². The Hall–Kier alpha value is -2.04. The van der Waals surface area contributed by atoms with E-state index in [0.29, 0.717) is 11.9 Å². The van der Waals surface area contributed by atoms with Crippen LogP contribution in [0.5, 0.6) is 5.75 Å². The Kier molecular flexibility index (Phi) is 2.24. The quantitative estimate of drug-likeness (QED) is 0.874. The van der Waals surface area contributed by atoms with Gasteiger partial charge in [0, 0.05) is 5.56 Å². The summed E-state index contributed by atoms with van der Waals surface area (Å²) in [5.74, 6) is 1.43. The third-order valence-electron chi connectivity index (χ3n) is 2.97. The molecule has 1 fully saturated rings. The molecule has 0 radical (unpaired) electrons. The lowest BCUT2D eigenvalue weighted by molar-refractivity contribution is 0.415. The topological polar surface area (TPSA) is 66.0 Å². The molecule has 3 rings (SSSR count). The van der Waals surface area contributed by atoms with Crippen molar-refractivity contribution in [1.29, 1.82) is 0 Å². The number of aromatic nitrogens is 3. The van der Waals surface area contributed by atoms with Crippen molar-refractivity contribution in [3.63, 3.8) is 0 Å². The monoisotopic (exact) mass is 230 g/mol. The van der Waals surface area contributed by atoms with Crippen molar-refractivity contribution in [1.82, 2.24) is 15.0 Å². The predicted octanol–water partition coefficient (Wildman–Crippen LogP) is 1.87. The molecule has 0 saturated heterocycles. The number of hydrogen-bond acceptors (Lipinski definition) is 4. The summed E-state index contributed by atoms with van der Waals surface area (Å²) in [6.07, 6.45) is 2.29. The average molecular weight is 230 g/mol. The van der Waals surface area contributed by atoms with E-state index in [1.165, 1.54) is 0 Å². The molecule has 0 bridgehead atoms. The second-order valence-corrected chi connectivity index (χ2v) is 4.23. The molecule has 2 aromatic rings. The Morgan fingerprint density at radius 1 is 1.41 bits per heavy atom. The molecule has 0 unspecified atom stereocenters. The van der Waals surface area contributed by atoms with Crippen LogP contribution in [0.1, 0.15) is 18.9 Å². The second-order valence-electron chi connectivity index (χ2n) is 4.23. The molecule has 88 valence electrons. The van der Waals surface area contributed by atoms with Gasteiger partial charge in [-0.3, -0.25) is 0 Å². The first kappa shape index (κ1) is 10.1. The molecule has 0 atom stereocenters. The highest BCUT2D eigenvalue weighted by Gasteiger charge is 2.28. The number of rotatable bonds is 3. The summed E-state index contributed by atoms with van der Waals surface area (Å²) in [4.78, 5) is 0. The van der Waals surface area contributed by atoms with Gasteiger partial charge in [-0.2, -0.15) is 0 Å². The SMILES string of the molecule is COc1cccc(-c2nnn(C3CC3)c2N)c1. The van der Waals surface area contributed by atoms with Gasteiger partial charge < -0.3 is 10.5 Å². The molecule has 17 heavy (non-hydrogen) atoms. The van der Waals surface area contributed by atoms with Crippen molar-refractivity contribution in [2.45, 2.75) is 18.9 Å². The minimum absolute atomic E-state index is 0.446. The lowest BCUT2D eigenvalue weighted by Crippen LogP contribution is -2.02. The summed E-state index contributed by atoms with van der Waals surface area (Å²) in [5, 5.41) is 8.27. The fraction of sp³-hybridized carbons (Fsp3) is 0.333. The van der Waals surface area contributed by atoms with Gasteiger partial charge in [-0.15, -0.1) is 5.10 Å². The van der Waals surface area contributed by atoms with Crippen LogP contribution in [0.4, 0.5) is 5.82 Å². The summed E-state index contributed by atoms with van der Waals surface area (Å²) in [7, 11) is 1.64. The van der Waals surface area contributed by atoms with Crippen LogP contribution in [0.2, 0.25) is 0 Å². The Bertz CT molecular complexity index is 545. The molecular formula is C12H14N4O. The maximum absolute atomic E-state index is 6.06. The summed E-state index contributed by atoms with van der Waals surface area (Å²) in [6, 6.07) is 8.13. The Balaban J connectivity index is 2.02. The van der Waals surface area contributed by atoms with Crippen LogP contribution in [0.15, 0.2) is 24.3 Å². The first-order chi connectivity index (χ1) is 8.29. The van der Waals surface area contributed by atoms with Crippen LogP contribution in [0.3, 0.4) is 0 Å². The average Bonchev–Trinajstić information content (AvgIpc) is 3.13. The maximum Gasteiger partial charge on any atom is 0.150 e. The number of hydrogen-bond donors (Lipinski definition) is 1. The molecule has 0 amide bonds. The first-order valence-corrected chi connectivity index (χ1v) is 5.64. The van der Waals surface area contributed by atoms with Gasteiger partial charge in [-0.05, 0) is 25.0 Å². The minimum Gasteiger partial charge on any atom is -0.497 e. The Morgan fingerprint density at radius 2 is 2.24 bits per heavy atom. The number of anilines is 1. The number of benzene rings is 1. The Labute approximate surface area is 99.2 Å².